The first-order chi connectivity index (χ1) is 8.20. The van der Waals surface area contributed by atoms with Crippen molar-refractivity contribution in [2.24, 2.45) is 5.73 Å². The summed E-state index contributed by atoms with van der Waals surface area (Å²) < 4.78 is 5.48. The molecule has 0 aliphatic rings. The second kappa shape index (κ2) is 5.49. The number of nitrogens with zero attached hydrogens (tertiary/aromatic N) is 1. The molecule has 0 radical (unpaired) electrons. The van der Waals surface area contributed by atoms with Crippen molar-refractivity contribution in [2.75, 3.05) is 7.05 Å². The maximum Gasteiger partial charge on any atom is 0.118 e. The predicted molar refractivity (Wildman–Crippen MR) is 70.8 cm³/mol. The van der Waals surface area contributed by atoms with Gasteiger partial charge in [-0.1, -0.05) is 6.07 Å². The molecule has 0 bridgehead atoms. The highest BCUT2D eigenvalue weighted by Crippen LogP contribution is 2.24. The molecule has 0 saturated carbocycles. The Balaban J connectivity index is 1.99. The minimum Gasteiger partial charge on any atom is -0.468 e. The third-order valence-corrected chi connectivity index (χ3v) is 4.01. The van der Waals surface area contributed by atoms with Crippen LogP contribution in [0.4, 0.5) is 0 Å². The molecule has 0 fully saturated rings. The molecule has 1 unspecified atom stereocenters. The Labute approximate surface area is 106 Å². The van der Waals surface area contributed by atoms with E-state index in [-0.39, 0.29) is 0 Å². The minimum absolute atomic E-state index is 0.404. The van der Waals surface area contributed by atoms with E-state index in [1.165, 1.54) is 4.88 Å². The number of furan rings is 1. The molecule has 2 rings (SSSR count). The van der Waals surface area contributed by atoms with Gasteiger partial charge in [0, 0.05) is 23.0 Å². The van der Waals surface area contributed by atoms with E-state index in [2.05, 4.69) is 36.4 Å². The van der Waals surface area contributed by atoms with E-state index >= 15 is 0 Å². The van der Waals surface area contributed by atoms with Crippen LogP contribution in [0.3, 0.4) is 0 Å². The largest absolute Gasteiger partial charge is 0.468 e. The quantitative estimate of drug-likeness (QED) is 0.887. The average molecular weight is 250 g/mol. The summed E-state index contributed by atoms with van der Waals surface area (Å²) >= 11 is 1.79. The molecule has 0 saturated heterocycles. The lowest BCUT2D eigenvalue weighted by atomic mass is 10.2. The molecule has 2 aromatic heterocycles. The van der Waals surface area contributed by atoms with Crippen molar-refractivity contribution in [3.63, 3.8) is 0 Å². The van der Waals surface area contributed by atoms with Gasteiger partial charge in [0.1, 0.15) is 5.76 Å². The van der Waals surface area contributed by atoms with Crippen LogP contribution in [0.5, 0.6) is 0 Å². The molecule has 92 valence electrons. The van der Waals surface area contributed by atoms with Crippen LogP contribution >= 0.6 is 11.3 Å². The highest BCUT2D eigenvalue weighted by Gasteiger charge is 2.14. The lowest BCUT2D eigenvalue weighted by molar-refractivity contribution is 0.235. The van der Waals surface area contributed by atoms with E-state index in [9.17, 15) is 0 Å². The molecule has 17 heavy (non-hydrogen) atoms. The minimum atomic E-state index is 0.404. The molecule has 0 aromatic carbocycles. The number of rotatable bonds is 5. The fraction of sp³-hybridized carbons (Fsp3) is 0.385. The Morgan fingerprint density at radius 3 is 2.94 bits per heavy atom. The number of hydrogen-bond donors (Lipinski definition) is 1. The van der Waals surface area contributed by atoms with Crippen LogP contribution in [-0.4, -0.2) is 11.9 Å². The maximum absolute atomic E-state index is 5.56. The SMILES string of the molecule is CC(c1cccs1)N(C)Cc1cc(CN)co1. The predicted octanol–water partition coefficient (Wildman–Crippen LogP) is 2.99. The van der Waals surface area contributed by atoms with Gasteiger partial charge in [0.2, 0.25) is 0 Å². The second-order valence-corrected chi connectivity index (χ2v) is 5.21. The zero-order valence-electron chi connectivity index (χ0n) is 10.2. The molecule has 3 nitrogen and oxygen atoms in total. The summed E-state index contributed by atoms with van der Waals surface area (Å²) in [7, 11) is 2.11. The Bertz CT molecular complexity index is 450. The summed E-state index contributed by atoms with van der Waals surface area (Å²) in [6, 6.07) is 6.68. The Morgan fingerprint density at radius 2 is 2.35 bits per heavy atom. The summed E-state index contributed by atoms with van der Waals surface area (Å²) in [5.41, 5.74) is 6.61. The molecule has 0 amide bonds. The summed E-state index contributed by atoms with van der Waals surface area (Å²) in [5.74, 6) is 0.969. The van der Waals surface area contributed by atoms with Crippen LogP contribution in [-0.2, 0) is 13.1 Å². The summed E-state index contributed by atoms with van der Waals surface area (Å²) in [6.07, 6.45) is 1.74. The molecule has 4 heteroatoms. The number of hydrogen-bond acceptors (Lipinski definition) is 4. The molecule has 1 atom stereocenters. The molecule has 2 heterocycles. The number of thiophene rings is 1. The normalized spacial score (nSPS) is 13.2. The molecular weight excluding hydrogens is 232 g/mol. The van der Waals surface area contributed by atoms with Gasteiger partial charge >= 0.3 is 0 Å². The van der Waals surface area contributed by atoms with Crippen molar-refractivity contribution in [1.29, 1.82) is 0 Å². The molecule has 0 aliphatic heterocycles. The molecule has 2 N–H and O–H groups in total. The number of nitrogens with two attached hydrogens (primary N) is 1. The average Bonchev–Trinajstić information content (AvgIpc) is 2.98. The molecule has 0 aliphatic carbocycles. The van der Waals surface area contributed by atoms with Crippen LogP contribution in [0.15, 0.2) is 34.3 Å². The monoisotopic (exact) mass is 250 g/mol. The summed E-state index contributed by atoms with van der Waals surface area (Å²) in [4.78, 5) is 3.64. The first-order valence-electron chi connectivity index (χ1n) is 5.70. The van der Waals surface area contributed by atoms with E-state index in [1.807, 2.05) is 6.07 Å². The Kier molecular flexibility index (Phi) is 3.99. The highest BCUT2D eigenvalue weighted by atomic mass is 32.1. The van der Waals surface area contributed by atoms with Crippen molar-refractivity contribution in [2.45, 2.75) is 26.1 Å². The Hall–Kier alpha value is -1.10. The smallest absolute Gasteiger partial charge is 0.118 e. The van der Waals surface area contributed by atoms with Crippen molar-refractivity contribution >= 4 is 11.3 Å². The van der Waals surface area contributed by atoms with Gasteiger partial charge in [0.05, 0.1) is 12.8 Å². The van der Waals surface area contributed by atoms with E-state index in [1.54, 1.807) is 17.6 Å². The van der Waals surface area contributed by atoms with Gasteiger partial charge in [-0.2, -0.15) is 0 Å². The second-order valence-electron chi connectivity index (χ2n) is 4.23. The fourth-order valence-corrected chi connectivity index (χ4v) is 2.59. The van der Waals surface area contributed by atoms with Crippen LogP contribution in [0.1, 0.15) is 29.2 Å². The van der Waals surface area contributed by atoms with Gasteiger partial charge in [-0.05, 0) is 31.5 Å². The first-order valence-corrected chi connectivity index (χ1v) is 6.58. The standard InChI is InChI=1S/C13H18N2OS/c1-10(13-4-3-5-17-13)15(2)8-12-6-11(7-14)9-16-12/h3-6,9-10H,7-8,14H2,1-2H3. The van der Waals surface area contributed by atoms with E-state index in [0.29, 0.717) is 12.6 Å². The van der Waals surface area contributed by atoms with Crippen LogP contribution in [0.25, 0.3) is 0 Å². The van der Waals surface area contributed by atoms with Gasteiger partial charge in [-0.3, -0.25) is 4.90 Å². The Morgan fingerprint density at radius 1 is 1.53 bits per heavy atom. The van der Waals surface area contributed by atoms with Crippen LogP contribution < -0.4 is 5.73 Å². The van der Waals surface area contributed by atoms with Crippen molar-refractivity contribution < 1.29 is 4.42 Å². The lowest BCUT2D eigenvalue weighted by Gasteiger charge is -2.22. The molecular formula is C13H18N2OS. The van der Waals surface area contributed by atoms with Crippen molar-refractivity contribution in [3.05, 3.63) is 46.0 Å². The van der Waals surface area contributed by atoms with E-state index in [4.69, 9.17) is 10.2 Å². The topological polar surface area (TPSA) is 42.4 Å². The van der Waals surface area contributed by atoms with Gasteiger partial charge in [-0.15, -0.1) is 11.3 Å². The van der Waals surface area contributed by atoms with Crippen molar-refractivity contribution in [1.82, 2.24) is 4.90 Å². The third kappa shape index (κ3) is 2.97. The third-order valence-electron chi connectivity index (χ3n) is 2.97. The molecule has 0 spiro atoms. The van der Waals surface area contributed by atoms with Gasteiger partial charge in [0.15, 0.2) is 0 Å². The van der Waals surface area contributed by atoms with Crippen LogP contribution in [0, 0.1) is 0 Å². The van der Waals surface area contributed by atoms with Gasteiger partial charge < -0.3 is 10.2 Å². The summed E-state index contributed by atoms with van der Waals surface area (Å²) in [5, 5.41) is 2.11. The van der Waals surface area contributed by atoms with Gasteiger partial charge in [0.25, 0.3) is 0 Å². The molecule has 2 aromatic rings. The zero-order valence-corrected chi connectivity index (χ0v) is 11.0. The first kappa shape index (κ1) is 12.4. The van der Waals surface area contributed by atoms with Gasteiger partial charge in [-0.25, -0.2) is 0 Å². The van der Waals surface area contributed by atoms with E-state index < -0.39 is 0 Å². The van der Waals surface area contributed by atoms with Crippen molar-refractivity contribution in [3.8, 4) is 0 Å². The highest BCUT2D eigenvalue weighted by molar-refractivity contribution is 7.10. The zero-order chi connectivity index (χ0) is 12.3. The fourth-order valence-electron chi connectivity index (χ4n) is 1.75. The summed E-state index contributed by atoms with van der Waals surface area (Å²) in [6.45, 7) is 3.55. The van der Waals surface area contributed by atoms with E-state index in [0.717, 1.165) is 17.9 Å². The maximum atomic E-state index is 5.56. The lowest BCUT2D eigenvalue weighted by Crippen LogP contribution is -2.20. The van der Waals surface area contributed by atoms with Crippen LogP contribution in [0.2, 0.25) is 0 Å².